The molecule has 2 N–H and O–H groups in total. The third kappa shape index (κ3) is 0.892. The van der Waals surface area contributed by atoms with E-state index in [1.165, 1.54) is 6.42 Å². The zero-order chi connectivity index (χ0) is 9.87. The summed E-state index contributed by atoms with van der Waals surface area (Å²) >= 11 is 0. The molecule has 2 aliphatic heterocycles. The van der Waals surface area contributed by atoms with Crippen LogP contribution in [-0.2, 0) is 7.05 Å². The highest BCUT2D eigenvalue weighted by atomic mass is 15.4. The van der Waals surface area contributed by atoms with E-state index < -0.39 is 0 Å². The van der Waals surface area contributed by atoms with Crippen LogP contribution in [-0.4, -0.2) is 28.2 Å². The summed E-state index contributed by atoms with van der Waals surface area (Å²) < 4.78 is 2.10. The molecule has 3 aliphatic rings. The molecular weight excluding hydrogens is 176 g/mol. The molecule has 3 atom stereocenters. The first-order valence-corrected chi connectivity index (χ1v) is 5.19. The first-order chi connectivity index (χ1) is 6.66. The Morgan fingerprint density at radius 3 is 2.79 bits per heavy atom. The van der Waals surface area contributed by atoms with Crippen molar-refractivity contribution >= 4 is 5.95 Å². The second kappa shape index (κ2) is 2.51. The Hall–Kier alpha value is -1.03. The number of imidazole rings is 1. The maximum absolute atomic E-state index is 6.03. The molecule has 1 aromatic heterocycles. The predicted molar refractivity (Wildman–Crippen MR) is 55.2 cm³/mol. The van der Waals surface area contributed by atoms with Crippen molar-refractivity contribution in [1.29, 1.82) is 0 Å². The van der Waals surface area contributed by atoms with Gasteiger partial charge in [-0.15, -0.1) is 0 Å². The molecule has 14 heavy (non-hydrogen) atoms. The number of aryl methyl sites for hydroxylation is 2. The molecule has 2 saturated heterocycles. The lowest BCUT2D eigenvalue weighted by Gasteiger charge is -2.33. The van der Waals surface area contributed by atoms with Crippen molar-refractivity contribution in [1.82, 2.24) is 9.55 Å². The topological polar surface area (TPSA) is 47.1 Å². The third-order valence-electron chi connectivity index (χ3n) is 3.59. The molecule has 4 rings (SSSR count). The Morgan fingerprint density at radius 2 is 2.36 bits per heavy atom. The highest BCUT2D eigenvalue weighted by Gasteiger charge is 2.51. The molecule has 0 aromatic carbocycles. The van der Waals surface area contributed by atoms with E-state index in [1.54, 1.807) is 0 Å². The molecule has 3 unspecified atom stereocenters. The van der Waals surface area contributed by atoms with Crippen molar-refractivity contribution in [3.05, 3.63) is 11.9 Å². The van der Waals surface area contributed by atoms with Gasteiger partial charge < -0.3 is 15.2 Å². The number of aromatic nitrogens is 2. The van der Waals surface area contributed by atoms with Crippen molar-refractivity contribution < 1.29 is 0 Å². The number of nitrogens with two attached hydrogens (primary N) is 1. The summed E-state index contributed by atoms with van der Waals surface area (Å²) in [6.07, 6.45) is 3.32. The Morgan fingerprint density at radius 1 is 1.57 bits per heavy atom. The Bertz CT molecular complexity index is 370. The number of hydrogen-bond acceptors (Lipinski definition) is 3. The molecule has 2 bridgehead atoms. The number of nitrogens with zero attached hydrogens (tertiary/aromatic N) is 3. The fourth-order valence-corrected chi connectivity index (χ4v) is 2.76. The van der Waals surface area contributed by atoms with E-state index in [-0.39, 0.29) is 0 Å². The SMILES string of the molecule is Cc1cn(C)c(N2CC3CC2C3N)n1. The van der Waals surface area contributed by atoms with Gasteiger partial charge in [0.15, 0.2) is 0 Å². The van der Waals surface area contributed by atoms with Gasteiger partial charge in [-0.05, 0) is 19.3 Å². The molecule has 1 aliphatic carbocycles. The standard InChI is InChI=1S/C10H16N4/c1-6-4-13(2)10(12-6)14-5-7-3-8(14)9(7)11/h4,7-9H,3,5,11H2,1-2H3. The van der Waals surface area contributed by atoms with Crippen molar-refractivity contribution in [3.63, 3.8) is 0 Å². The summed E-state index contributed by atoms with van der Waals surface area (Å²) in [4.78, 5) is 6.90. The van der Waals surface area contributed by atoms with Crippen molar-refractivity contribution in [2.75, 3.05) is 11.4 Å². The van der Waals surface area contributed by atoms with E-state index in [2.05, 4.69) is 27.7 Å². The second-order valence-corrected chi connectivity index (χ2v) is 4.59. The highest BCUT2D eigenvalue weighted by molar-refractivity contribution is 5.42. The van der Waals surface area contributed by atoms with Gasteiger partial charge in [0.25, 0.3) is 0 Å². The van der Waals surface area contributed by atoms with Crippen LogP contribution < -0.4 is 10.6 Å². The Kier molecular flexibility index (Phi) is 1.49. The van der Waals surface area contributed by atoms with Gasteiger partial charge in [0.05, 0.1) is 5.69 Å². The van der Waals surface area contributed by atoms with Crippen LogP contribution in [0.3, 0.4) is 0 Å². The van der Waals surface area contributed by atoms with E-state index in [4.69, 9.17) is 5.73 Å². The summed E-state index contributed by atoms with van der Waals surface area (Å²) in [6, 6.07) is 0.924. The normalized spacial score (nSPS) is 34.8. The molecule has 0 spiro atoms. The maximum Gasteiger partial charge on any atom is 0.205 e. The van der Waals surface area contributed by atoms with Crippen LogP contribution in [0.1, 0.15) is 12.1 Å². The summed E-state index contributed by atoms with van der Waals surface area (Å²) in [5, 5.41) is 0. The number of hydrogen-bond donors (Lipinski definition) is 1. The Labute approximate surface area is 83.7 Å². The van der Waals surface area contributed by atoms with Gasteiger partial charge in [0.2, 0.25) is 5.95 Å². The second-order valence-electron chi connectivity index (χ2n) is 4.59. The fraction of sp³-hybridized carbons (Fsp3) is 0.700. The van der Waals surface area contributed by atoms with Gasteiger partial charge in [-0.1, -0.05) is 0 Å². The average Bonchev–Trinajstić information content (AvgIpc) is 2.76. The molecular formula is C10H16N4. The van der Waals surface area contributed by atoms with Crippen LogP contribution in [0.5, 0.6) is 0 Å². The molecule has 1 aromatic rings. The fourth-order valence-electron chi connectivity index (χ4n) is 2.76. The van der Waals surface area contributed by atoms with E-state index in [0.29, 0.717) is 18.0 Å². The van der Waals surface area contributed by atoms with E-state index in [0.717, 1.165) is 18.2 Å². The van der Waals surface area contributed by atoms with Crippen molar-refractivity contribution in [2.45, 2.75) is 25.4 Å². The number of anilines is 1. The minimum atomic E-state index is 0.381. The predicted octanol–water partition coefficient (Wildman–Crippen LogP) is 0.264. The molecule has 3 fully saturated rings. The molecule has 76 valence electrons. The summed E-state index contributed by atoms with van der Waals surface area (Å²) in [7, 11) is 2.05. The zero-order valence-electron chi connectivity index (χ0n) is 8.64. The first kappa shape index (κ1) is 8.29. The van der Waals surface area contributed by atoms with Crippen LogP contribution in [0.15, 0.2) is 6.20 Å². The summed E-state index contributed by atoms with van der Waals surface area (Å²) in [6.45, 7) is 3.13. The van der Waals surface area contributed by atoms with Crippen molar-refractivity contribution in [3.8, 4) is 0 Å². The molecule has 4 nitrogen and oxygen atoms in total. The van der Waals surface area contributed by atoms with Gasteiger partial charge in [-0.25, -0.2) is 4.98 Å². The third-order valence-corrected chi connectivity index (χ3v) is 3.59. The lowest BCUT2D eigenvalue weighted by Crippen LogP contribution is -2.50. The lowest BCUT2D eigenvalue weighted by molar-refractivity contribution is 0.311. The number of fused-ring (bicyclic) bond motifs is 1. The molecule has 0 amide bonds. The molecule has 1 saturated carbocycles. The summed E-state index contributed by atoms with van der Waals surface area (Å²) in [5.41, 5.74) is 7.12. The van der Waals surface area contributed by atoms with Crippen LogP contribution >= 0.6 is 0 Å². The summed E-state index contributed by atoms with van der Waals surface area (Å²) in [5.74, 6) is 1.79. The zero-order valence-corrected chi connectivity index (χ0v) is 8.64. The smallest absolute Gasteiger partial charge is 0.205 e. The van der Waals surface area contributed by atoms with E-state index in [1.807, 2.05) is 6.92 Å². The van der Waals surface area contributed by atoms with E-state index >= 15 is 0 Å². The van der Waals surface area contributed by atoms with E-state index in [9.17, 15) is 0 Å². The van der Waals surface area contributed by atoms with Crippen LogP contribution in [0.2, 0.25) is 0 Å². The number of rotatable bonds is 1. The average molecular weight is 192 g/mol. The van der Waals surface area contributed by atoms with Crippen LogP contribution in [0.4, 0.5) is 5.95 Å². The Balaban J connectivity index is 1.93. The van der Waals surface area contributed by atoms with Gasteiger partial charge in [0, 0.05) is 31.9 Å². The largest absolute Gasteiger partial charge is 0.337 e. The monoisotopic (exact) mass is 192 g/mol. The maximum atomic E-state index is 6.03. The highest BCUT2D eigenvalue weighted by Crippen LogP contribution is 2.41. The molecule has 4 heteroatoms. The minimum absolute atomic E-state index is 0.381. The van der Waals surface area contributed by atoms with Crippen LogP contribution in [0.25, 0.3) is 0 Å². The van der Waals surface area contributed by atoms with Gasteiger partial charge in [0.1, 0.15) is 0 Å². The van der Waals surface area contributed by atoms with Gasteiger partial charge >= 0.3 is 0 Å². The van der Waals surface area contributed by atoms with Crippen LogP contribution in [0, 0.1) is 12.8 Å². The quantitative estimate of drug-likeness (QED) is 0.694. The minimum Gasteiger partial charge on any atom is -0.337 e. The lowest BCUT2D eigenvalue weighted by atomic mass is 9.81. The van der Waals surface area contributed by atoms with Gasteiger partial charge in [-0.2, -0.15) is 0 Å². The molecule has 0 radical (unpaired) electrons. The molecule has 3 heterocycles. The van der Waals surface area contributed by atoms with Gasteiger partial charge in [-0.3, -0.25) is 0 Å². The van der Waals surface area contributed by atoms with Crippen molar-refractivity contribution in [2.24, 2.45) is 18.7 Å². The first-order valence-electron chi connectivity index (χ1n) is 5.19.